The molecule has 3 N–H and O–H groups in total. The second kappa shape index (κ2) is 6.53. The van der Waals surface area contributed by atoms with Gasteiger partial charge in [0.25, 0.3) is 0 Å². The fourth-order valence-corrected chi connectivity index (χ4v) is 4.68. The molecule has 1 atom stereocenters. The van der Waals surface area contributed by atoms with Crippen LogP contribution in [0, 0.1) is 0 Å². The Morgan fingerprint density at radius 3 is 3.10 bits per heavy atom. The van der Waals surface area contributed by atoms with E-state index in [0.717, 1.165) is 29.9 Å². The number of nitrogens with zero attached hydrogens (tertiary/aromatic N) is 3. The van der Waals surface area contributed by atoms with E-state index in [1.54, 1.807) is 6.20 Å². The molecular weight excluding hydrogens is 292 g/mol. The molecule has 0 saturated carbocycles. The van der Waals surface area contributed by atoms with Gasteiger partial charge in [-0.25, -0.2) is 0 Å². The van der Waals surface area contributed by atoms with E-state index in [1.165, 1.54) is 17.3 Å². The van der Waals surface area contributed by atoms with Gasteiger partial charge in [-0.05, 0) is 6.92 Å². The Hall–Kier alpha value is -1.15. The van der Waals surface area contributed by atoms with E-state index in [-0.39, 0.29) is 0 Å². The number of nitrogens with one attached hydrogen (secondary N) is 3. The van der Waals surface area contributed by atoms with Crippen molar-refractivity contribution in [2.24, 2.45) is 0 Å². The maximum Gasteiger partial charge on any atom is 0.226 e. The number of fused-ring (bicyclic) bond motifs is 1. The van der Waals surface area contributed by atoms with Crippen molar-refractivity contribution >= 4 is 46.3 Å². The molecule has 3 rings (SSSR count). The Bertz CT molecular complexity index is 566. The van der Waals surface area contributed by atoms with E-state index in [9.17, 15) is 0 Å². The van der Waals surface area contributed by atoms with Crippen LogP contribution in [0.5, 0.6) is 0 Å². The Labute approximate surface area is 126 Å². The third-order valence-corrected chi connectivity index (χ3v) is 5.87. The molecule has 6 nitrogen and oxygen atoms in total. The number of rotatable bonds is 5. The predicted octanol–water partition coefficient (Wildman–Crippen LogP) is 2.05. The standard InChI is InChI=1S/C12H18N6S2/c1-2-13-12-16-10(9-6-15-18-11(9)17-12)14-5-8-7-19-3-4-20-8/h6,8H,2-5,7H2,1H3,(H3,13,14,15,16,17,18). The number of hydrogen-bond donors (Lipinski definition) is 3. The van der Waals surface area contributed by atoms with Gasteiger partial charge in [0.1, 0.15) is 5.82 Å². The van der Waals surface area contributed by atoms with Gasteiger partial charge in [0.05, 0.1) is 11.6 Å². The Morgan fingerprint density at radius 1 is 1.35 bits per heavy atom. The zero-order valence-corrected chi connectivity index (χ0v) is 13.0. The van der Waals surface area contributed by atoms with E-state index >= 15 is 0 Å². The van der Waals surface area contributed by atoms with Crippen LogP contribution in [0.3, 0.4) is 0 Å². The zero-order chi connectivity index (χ0) is 13.8. The highest BCUT2D eigenvalue weighted by molar-refractivity contribution is 8.06. The number of thioether (sulfide) groups is 2. The maximum atomic E-state index is 4.54. The summed E-state index contributed by atoms with van der Waals surface area (Å²) in [6.07, 6.45) is 1.77. The van der Waals surface area contributed by atoms with Gasteiger partial charge in [-0.1, -0.05) is 0 Å². The van der Waals surface area contributed by atoms with E-state index in [4.69, 9.17) is 0 Å². The lowest BCUT2D eigenvalue weighted by Gasteiger charge is -2.21. The molecule has 0 radical (unpaired) electrons. The van der Waals surface area contributed by atoms with Gasteiger partial charge >= 0.3 is 0 Å². The van der Waals surface area contributed by atoms with Crippen LogP contribution in [0.1, 0.15) is 6.92 Å². The summed E-state index contributed by atoms with van der Waals surface area (Å²) in [4.78, 5) is 8.93. The zero-order valence-electron chi connectivity index (χ0n) is 11.3. The first-order valence-corrected chi connectivity index (χ1v) is 8.95. The quantitative estimate of drug-likeness (QED) is 0.780. The lowest BCUT2D eigenvalue weighted by molar-refractivity contribution is 0.990. The fraction of sp³-hybridized carbons (Fsp3) is 0.583. The normalized spacial score (nSPS) is 19.1. The van der Waals surface area contributed by atoms with Gasteiger partial charge in [-0.15, -0.1) is 0 Å². The molecule has 1 unspecified atom stereocenters. The summed E-state index contributed by atoms with van der Waals surface area (Å²) >= 11 is 4.07. The van der Waals surface area contributed by atoms with Gasteiger partial charge in [-0.2, -0.15) is 38.6 Å². The third kappa shape index (κ3) is 3.12. The summed E-state index contributed by atoms with van der Waals surface area (Å²) in [6, 6.07) is 0. The third-order valence-electron chi connectivity index (χ3n) is 3.03. The van der Waals surface area contributed by atoms with E-state index in [0.29, 0.717) is 11.2 Å². The van der Waals surface area contributed by atoms with Gasteiger partial charge < -0.3 is 10.6 Å². The van der Waals surface area contributed by atoms with E-state index in [1.807, 2.05) is 30.4 Å². The monoisotopic (exact) mass is 310 g/mol. The molecule has 0 spiro atoms. The van der Waals surface area contributed by atoms with E-state index in [2.05, 4.69) is 30.8 Å². The first kappa shape index (κ1) is 13.8. The highest BCUT2D eigenvalue weighted by Gasteiger charge is 2.15. The molecule has 20 heavy (non-hydrogen) atoms. The van der Waals surface area contributed by atoms with Crippen LogP contribution in [0.25, 0.3) is 11.0 Å². The first-order chi connectivity index (χ1) is 9.86. The molecule has 0 amide bonds. The van der Waals surface area contributed by atoms with Crippen molar-refractivity contribution in [3.63, 3.8) is 0 Å². The Balaban J connectivity index is 1.76. The van der Waals surface area contributed by atoms with Crippen molar-refractivity contribution in [3.05, 3.63) is 6.20 Å². The number of hydrogen-bond acceptors (Lipinski definition) is 7. The first-order valence-electron chi connectivity index (χ1n) is 6.75. The summed E-state index contributed by atoms with van der Waals surface area (Å²) in [7, 11) is 0. The number of H-pyrrole nitrogens is 1. The molecule has 1 saturated heterocycles. The van der Waals surface area contributed by atoms with Crippen molar-refractivity contribution in [2.75, 3.05) is 41.0 Å². The molecule has 108 valence electrons. The highest BCUT2D eigenvalue weighted by Crippen LogP contribution is 2.25. The van der Waals surface area contributed by atoms with Crippen LogP contribution in [0.2, 0.25) is 0 Å². The molecule has 2 aromatic rings. The smallest absolute Gasteiger partial charge is 0.226 e. The number of aromatic amines is 1. The van der Waals surface area contributed by atoms with Crippen LogP contribution in [-0.4, -0.2) is 55.8 Å². The van der Waals surface area contributed by atoms with Crippen LogP contribution >= 0.6 is 23.5 Å². The van der Waals surface area contributed by atoms with Crippen LogP contribution in [0.15, 0.2) is 6.20 Å². The summed E-state index contributed by atoms with van der Waals surface area (Å²) in [6.45, 7) is 3.76. The summed E-state index contributed by atoms with van der Waals surface area (Å²) in [5, 5.41) is 15.2. The van der Waals surface area contributed by atoms with Crippen molar-refractivity contribution in [1.82, 2.24) is 20.2 Å². The minimum Gasteiger partial charge on any atom is -0.368 e. The molecular formula is C12H18N6S2. The molecule has 0 bridgehead atoms. The van der Waals surface area contributed by atoms with E-state index < -0.39 is 0 Å². The SMILES string of the molecule is CCNc1nc(NCC2CSCCS2)c2cn[nH]c2n1. The van der Waals surface area contributed by atoms with Gasteiger partial charge in [-0.3, -0.25) is 5.10 Å². The van der Waals surface area contributed by atoms with Crippen LogP contribution in [-0.2, 0) is 0 Å². The molecule has 2 aromatic heterocycles. The molecule has 0 aromatic carbocycles. The minimum absolute atomic E-state index is 0.637. The average molecular weight is 310 g/mol. The average Bonchev–Trinajstić information content (AvgIpc) is 2.95. The summed E-state index contributed by atoms with van der Waals surface area (Å²) < 4.78 is 0. The molecule has 1 fully saturated rings. The topological polar surface area (TPSA) is 78.5 Å². The maximum absolute atomic E-state index is 4.54. The lowest BCUT2D eigenvalue weighted by atomic mass is 10.3. The predicted molar refractivity (Wildman–Crippen MR) is 87.9 cm³/mol. The second-order valence-electron chi connectivity index (χ2n) is 4.51. The second-order valence-corrected chi connectivity index (χ2v) is 7.07. The fourth-order valence-electron chi connectivity index (χ4n) is 2.07. The van der Waals surface area contributed by atoms with Crippen LogP contribution < -0.4 is 10.6 Å². The van der Waals surface area contributed by atoms with Crippen molar-refractivity contribution in [2.45, 2.75) is 12.2 Å². The lowest BCUT2D eigenvalue weighted by Crippen LogP contribution is -2.23. The van der Waals surface area contributed by atoms with Crippen molar-refractivity contribution in [3.8, 4) is 0 Å². The van der Waals surface area contributed by atoms with Gasteiger partial charge in [0, 0.05) is 35.6 Å². The summed E-state index contributed by atoms with van der Waals surface area (Å²) in [5.41, 5.74) is 0.768. The largest absolute Gasteiger partial charge is 0.368 e. The number of aromatic nitrogens is 4. The molecule has 3 heterocycles. The Morgan fingerprint density at radius 2 is 2.30 bits per heavy atom. The van der Waals surface area contributed by atoms with Crippen molar-refractivity contribution < 1.29 is 0 Å². The Kier molecular flexibility index (Phi) is 4.51. The van der Waals surface area contributed by atoms with Crippen molar-refractivity contribution in [1.29, 1.82) is 0 Å². The number of anilines is 2. The van der Waals surface area contributed by atoms with Gasteiger partial charge in [0.2, 0.25) is 5.95 Å². The molecule has 8 heteroatoms. The molecule has 1 aliphatic rings. The van der Waals surface area contributed by atoms with Crippen LogP contribution in [0.4, 0.5) is 11.8 Å². The highest BCUT2D eigenvalue weighted by atomic mass is 32.2. The molecule has 1 aliphatic heterocycles. The minimum atomic E-state index is 0.637. The molecule has 0 aliphatic carbocycles. The summed E-state index contributed by atoms with van der Waals surface area (Å²) in [5.74, 6) is 5.21. The van der Waals surface area contributed by atoms with Gasteiger partial charge in [0.15, 0.2) is 5.65 Å².